The molecule has 1 N–H and O–H groups in total. The molecule has 4 nitrogen and oxygen atoms in total. The van der Waals surface area contributed by atoms with Crippen molar-refractivity contribution in [2.75, 3.05) is 26.9 Å². The van der Waals surface area contributed by atoms with Crippen LogP contribution < -0.4 is 14.2 Å². The number of methoxy groups -OCH3 is 1. The highest BCUT2D eigenvalue weighted by molar-refractivity contribution is 5.56. The van der Waals surface area contributed by atoms with Gasteiger partial charge in [-0.25, -0.2) is 0 Å². The summed E-state index contributed by atoms with van der Waals surface area (Å²) in [4.78, 5) is 0. The zero-order valence-electron chi connectivity index (χ0n) is 8.66. The normalized spacial score (nSPS) is 13.7. The first-order chi connectivity index (χ1) is 7.36. The van der Waals surface area contributed by atoms with E-state index in [0.717, 1.165) is 5.56 Å². The molecular weight excluding hydrogens is 196 g/mol. The van der Waals surface area contributed by atoms with E-state index in [1.165, 1.54) is 0 Å². The predicted octanol–water partition coefficient (Wildman–Crippen LogP) is 1.00. The average Bonchev–Trinajstić information content (AvgIpc) is 2.29. The SMILES string of the molecule is COc1c(CCO)ccc2c1OCCO2. The first-order valence-electron chi connectivity index (χ1n) is 4.93. The van der Waals surface area contributed by atoms with E-state index in [1.54, 1.807) is 7.11 Å². The van der Waals surface area contributed by atoms with Gasteiger partial charge in [-0.05, 0) is 12.5 Å². The summed E-state index contributed by atoms with van der Waals surface area (Å²) in [7, 11) is 1.59. The first-order valence-corrected chi connectivity index (χ1v) is 4.93. The quantitative estimate of drug-likeness (QED) is 0.808. The molecule has 1 heterocycles. The second-order valence-corrected chi connectivity index (χ2v) is 3.26. The van der Waals surface area contributed by atoms with Crippen molar-refractivity contribution in [2.45, 2.75) is 6.42 Å². The molecule has 1 aliphatic heterocycles. The molecular formula is C11H14O4. The maximum atomic E-state index is 8.92. The highest BCUT2D eigenvalue weighted by Crippen LogP contribution is 2.41. The summed E-state index contributed by atoms with van der Waals surface area (Å²) < 4.78 is 16.2. The van der Waals surface area contributed by atoms with E-state index < -0.39 is 0 Å². The van der Waals surface area contributed by atoms with Crippen LogP contribution in [0.4, 0.5) is 0 Å². The molecule has 0 amide bonds. The highest BCUT2D eigenvalue weighted by atomic mass is 16.6. The van der Waals surface area contributed by atoms with Gasteiger partial charge in [0.25, 0.3) is 0 Å². The van der Waals surface area contributed by atoms with Crippen molar-refractivity contribution in [2.24, 2.45) is 0 Å². The minimum Gasteiger partial charge on any atom is -0.492 e. The number of rotatable bonds is 3. The number of hydrogen-bond donors (Lipinski definition) is 1. The minimum atomic E-state index is 0.0933. The Balaban J connectivity index is 2.42. The number of aliphatic hydroxyl groups is 1. The Morgan fingerprint density at radius 3 is 2.87 bits per heavy atom. The fourth-order valence-electron chi connectivity index (χ4n) is 1.67. The van der Waals surface area contributed by atoms with Gasteiger partial charge in [-0.1, -0.05) is 6.07 Å². The van der Waals surface area contributed by atoms with Gasteiger partial charge in [-0.2, -0.15) is 0 Å². The summed E-state index contributed by atoms with van der Waals surface area (Å²) in [6.45, 7) is 1.19. The molecule has 1 aliphatic rings. The molecule has 82 valence electrons. The van der Waals surface area contributed by atoms with E-state index in [0.29, 0.717) is 36.9 Å². The summed E-state index contributed by atoms with van der Waals surface area (Å²) in [5, 5.41) is 8.92. The van der Waals surface area contributed by atoms with Crippen LogP contribution in [-0.2, 0) is 6.42 Å². The largest absolute Gasteiger partial charge is 0.492 e. The molecule has 0 unspecified atom stereocenters. The summed E-state index contributed by atoms with van der Waals surface area (Å²) >= 11 is 0. The van der Waals surface area contributed by atoms with Gasteiger partial charge in [-0.3, -0.25) is 0 Å². The number of aliphatic hydroxyl groups excluding tert-OH is 1. The van der Waals surface area contributed by atoms with Crippen molar-refractivity contribution < 1.29 is 19.3 Å². The number of fused-ring (bicyclic) bond motifs is 1. The number of benzene rings is 1. The number of hydrogen-bond acceptors (Lipinski definition) is 4. The zero-order valence-corrected chi connectivity index (χ0v) is 8.66. The van der Waals surface area contributed by atoms with E-state index >= 15 is 0 Å². The first kappa shape index (κ1) is 10.1. The van der Waals surface area contributed by atoms with Crippen molar-refractivity contribution >= 4 is 0 Å². The molecule has 0 fully saturated rings. The third kappa shape index (κ3) is 1.85. The van der Waals surface area contributed by atoms with Gasteiger partial charge < -0.3 is 19.3 Å². The standard InChI is InChI=1S/C11H14O4/c1-13-10-8(4-5-12)2-3-9-11(10)15-7-6-14-9/h2-3,12H,4-7H2,1H3. The van der Waals surface area contributed by atoms with Crippen LogP contribution in [0.2, 0.25) is 0 Å². The van der Waals surface area contributed by atoms with Crippen molar-refractivity contribution in [3.05, 3.63) is 17.7 Å². The Hall–Kier alpha value is -1.42. The third-order valence-electron chi connectivity index (χ3n) is 2.33. The zero-order chi connectivity index (χ0) is 10.7. The smallest absolute Gasteiger partial charge is 0.203 e. The monoisotopic (exact) mass is 210 g/mol. The van der Waals surface area contributed by atoms with Gasteiger partial charge in [0.05, 0.1) is 7.11 Å². The van der Waals surface area contributed by atoms with E-state index in [2.05, 4.69) is 0 Å². The fourth-order valence-corrected chi connectivity index (χ4v) is 1.67. The van der Waals surface area contributed by atoms with Crippen LogP contribution in [0, 0.1) is 0 Å². The molecule has 1 aromatic rings. The van der Waals surface area contributed by atoms with E-state index in [-0.39, 0.29) is 6.61 Å². The molecule has 0 saturated carbocycles. The van der Waals surface area contributed by atoms with E-state index in [4.69, 9.17) is 19.3 Å². The molecule has 0 saturated heterocycles. The lowest BCUT2D eigenvalue weighted by Crippen LogP contribution is -2.16. The molecule has 0 aliphatic carbocycles. The minimum absolute atomic E-state index is 0.0933. The predicted molar refractivity (Wildman–Crippen MR) is 54.8 cm³/mol. The lowest BCUT2D eigenvalue weighted by Gasteiger charge is -2.22. The summed E-state index contributed by atoms with van der Waals surface area (Å²) in [5.41, 5.74) is 0.934. The Labute approximate surface area is 88.4 Å². The second-order valence-electron chi connectivity index (χ2n) is 3.26. The van der Waals surface area contributed by atoms with Crippen molar-refractivity contribution in [1.82, 2.24) is 0 Å². The lowest BCUT2D eigenvalue weighted by atomic mass is 10.1. The second kappa shape index (κ2) is 4.40. The molecule has 4 heteroatoms. The maximum Gasteiger partial charge on any atom is 0.203 e. The molecule has 2 rings (SSSR count). The molecule has 0 atom stereocenters. The summed E-state index contributed by atoms with van der Waals surface area (Å²) in [6.07, 6.45) is 0.555. The number of ether oxygens (including phenoxy) is 3. The van der Waals surface area contributed by atoms with Gasteiger partial charge in [-0.15, -0.1) is 0 Å². The Bertz CT molecular complexity index is 349. The fraction of sp³-hybridized carbons (Fsp3) is 0.455. The molecule has 0 radical (unpaired) electrons. The van der Waals surface area contributed by atoms with E-state index in [1.807, 2.05) is 12.1 Å². The van der Waals surface area contributed by atoms with Crippen molar-refractivity contribution in [3.63, 3.8) is 0 Å². The lowest BCUT2D eigenvalue weighted by molar-refractivity contribution is 0.164. The van der Waals surface area contributed by atoms with Crippen LogP contribution in [0.1, 0.15) is 5.56 Å². The molecule has 0 spiro atoms. The van der Waals surface area contributed by atoms with Crippen LogP contribution in [0.3, 0.4) is 0 Å². The van der Waals surface area contributed by atoms with Gasteiger partial charge in [0.1, 0.15) is 13.2 Å². The molecule has 15 heavy (non-hydrogen) atoms. The van der Waals surface area contributed by atoms with Gasteiger partial charge in [0.2, 0.25) is 5.75 Å². The van der Waals surface area contributed by atoms with Crippen molar-refractivity contribution in [3.8, 4) is 17.2 Å². The van der Waals surface area contributed by atoms with Gasteiger partial charge in [0.15, 0.2) is 11.5 Å². The Morgan fingerprint density at radius 1 is 1.33 bits per heavy atom. The third-order valence-corrected chi connectivity index (χ3v) is 2.33. The summed E-state index contributed by atoms with van der Waals surface area (Å²) in [5.74, 6) is 2.02. The highest BCUT2D eigenvalue weighted by Gasteiger charge is 2.19. The van der Waals surface area contributed by atoms with Crippen LogP contribution in [-0.4, -0.2) is 32.0 Å². The maximum absolute atomic E-state index is 8.92. The summed E-state index contributed by atoms with van der Waals surface area (Å²) in [6, 6.07) is 3.74. The topological polar surface area (TPSA) is 47.9 Å². The molecule has 1 aromatic carbocycles. The Morgan fingerprint density at radius 2 is 2.13 bits per heavy atom. The Kier molecular flexibility index (Phi) is 2.97. The van der Waals surface area contributed by atoms with Crippen LogP contribution in [0.5, 0.6) is 17.2 Å². The van der Waals surface area contributed by atoms with E-state index in [9.17, 15) is 0 Å². The molecule has 0 bridgehead atoms. The average molecular weight is 210 g/mol. The van der Waals surface area contributed by atoms with Crippen molar-refractivity contribution in [1.29, 1.82) is 0 Å². The van der Waals surface area contributed by atoms with Crippen LogP contribution in [0.25, 0.3) is 0 Å². The van der Waals surface area contributed by atoms with Gasteiger partial charge in [0, 0.05) is 12.2 Å². The van der Waals surface area contributed by atoms with Crippen LogP contribution in [0.15, 0.2) is 12.1 Å². The molecule has 0 aromatic heterocycles. The van der Waals surface area contributed by atoms with Gasteiger partial charge >= 0.3 is 0 Å². The van der Waals surface area contributed by atoms with Crippen LogP contribution >= 0.6 is 0 Å².